The average molecular weight is 628 g/mol. The third kappa shape index (κ3) is 4.38. The number of carbonyl (C=O) groups excluding carboxylic acids is 4. The van der Waals surface area contributed by atoms with Crippen LogP contribution in [0.25, 0.3) is 0 Å². The van der Waals surface area contributed by atoms with E-state index in [1.54, 1.807) is 30.3 Å². The summed E-state index contributed by atoms with van der Waals surface area (Å²) in [6.07, 6.45) is 0.831. The summed E-state index contributed by atoms with van der Waals surface area (Å²) in [5.41, 5.74) is -0.405. The summed E-state index contributed by atoms with van der Waals surface area (Å²) in [4.78, 5) is 52.5. The van der Waals surface area contributed by atoms with E-state index in [1.165, 1.54) is 31.4 Å². The number of ether oxygens (including phenoxy) is 3. The minimum Gasteiger partial charge on any atom is -0.508 e. The van der Waals surface area contributed by atoms with Gasteiger partial charge in [0.1, 0.15) is 23.0 Å². The fourth-order valence-corrected chi connectivity index (χ4v) is 7.23. The standard InChI is InChI=1S/C34H33N3O9/c1-33(2)23(31(42)44-3)14-27(33)37-30(41)24-11-16(15-35-24)36-29(40)19-5-4-6-22-28(19)32(43)46-34(22)20-9-7-17(38)12-25(20)45-26-13-18(39)8-10-21(26)34/h4-10,12-13,16,23-24,27,35,38-39H,11,14-15H2,1-3H3,(H,36,40)(H,37,41)/t16-,23-,24-,27-/m0/s1. The number of phenols is 2. The molecule has 46 heavy (non-hydrogen) atoms. The predicted molar refractivity (Wildman–Crippen MR) is 162 cm³/mol. The average Bonchev–Trinajstić information content (AvgIpc) is 3.61. The maximum absolute atomic E-state index is 13.7. The SMILES string of the molecule is COC(=O)[C@@H]1C[C@H](NC(=O)[C@@H]2C[C@H](NC(=O)c3cccc4c3C(=O)OC43c4ccc(O)cc4Oc4cc(O)ccc43)CN2)C1(C)C. The van der Waals surface area contributed by atoms with Crippen LogP contribution in [-0.2, 0) is 24.7 Å². The number of methoxy groups -OCH3 is 1. The van der Waals surface area contributed by atoms with E-state index < -0.39 is 35.0 Å². The van der Waals surface area contributed by atoms with Gasteiger partial charge in [0.05, 0.1) is 30.2 Å². The number of nitrogens with one attached hydrogen (secondary N) is 3. The molecule has 0 unspecified atom stereocenters. The van der Waals surface area contributed by atoms with Crippen molar-refractivity contribution in [3.63, 3.8) is 0 Å². The van der Waals surface area contributed by atoms with Crippen molar-refractivity contribution < 1.29 is 43.6 Å². The maximum atomic E-state index is 13.7. The molecule has 238 valence electrons. The van der Waals surface area contributed by atoms with E-state index in [2.05, 4.69) is 16.0 Å². The Bertz CT molecular complexity index is 1770. The molecule has 0 aromatic heterocycles. The van der Waals surface area contributed by atoms with E-state index >= 15 is 0 Å². The Kier molecular flexibility index (Phi) is 6.74. The Labute approximate surface area is 264 Å². The first kappa shape index (κ1) is 29.6. The Balaban J connectivity index is 1.12. The number of rotatable bonds is 5. The number of fused-ring (bicyclic) bond motifs is 6. The highest BCUT2D eigenvalue weighted by atomic mass is 16.6. The van der Waals surface area contributed by atoms with E-state index in [4.69, 9.17) is 14.2 Å². The molecular formula is C34H33N3O9. The Morgan fingerprint density at radius 3 is 2.24 bits per heavy atom. The van der Waals surface area contributed by atoms with Gasteiger partial charge >= 0.3 is 11.9 Å². The van der Waals surface area contributed by atoms with Gasteiger partial charge in [0.2, 0.25) is 5.91 Å². The van der Waals surface area contributed by atoms with Crippen molar-refractivity contribution >= 4 is 23.8 Å². The van der Waals surface area contributed by atoms with E-state index in [9.17, 15) is 29.4 Å². The second-order valence-corrected chi connectivity index (χ2v) is 12.8. The number of benzene rings is 3. The van der Waals surface area contributed by atoms with Crippen molar-refractivity contribution in [2.75, 3.05) is 13.7 Å². The Hall–Kier alpha value is -5.10. The molecule has 0 bridgehead atoms. The predicted octanol–water partition coefficient (Wildman–Crippen LogP) is 2.83. The molecule has 5 N–H and O–H groups in total. The Morgan fingerprint density at radius 2 is 1.61 bits per heavy atom. The number of amides is 2. The molecule has 7 rings (SSSR count). The van der Waals surface area contributed by atoms with Crippen LogP contribution >= 0.6 is 0 Å². The van der Waals surface area contributed by atoms with E-state index in [0.717, 1.165) is 0 Å². The first-order chi connectivity index (χ1) is 21.9. The first-order valence-electron chi connectivity index (χ1n) is 15.1. The van der Waals surface area contributed by atoms with Crippen LogP contribution in [0, 0.1) is 11.3 Å². The first-order valence-corrected chi connectivity index (χ1v) is 15.1. The second-order valence-electron chi connectivity index (χ2n) is 12.8. The molecule has 3 aromatic rings. The fourth-order valence-electron chi connectivity index (χ4n) is 7.23. The minimum atomic E-state index is -1.49. The van der Waals surface area contributed by atoms with E-state index in [0.29, 0.717) is 36.1 Å². The fraction of sp³-hybridized carbons (Fsp3) is 0.353. The van der Waals surface area contributed by atoms with Crippen LogP contribution in [-0.4, -0.2) is 65.7 Å². The van der Waals surface area contributed by atoms with Crippen LogP contribution in [0.4, 0.5) is 0 Å². The molecule has 0 radical (unpaired) electrons. The number of hydrogen-bond acceptors (Lipinski definition) is 10. The van der Waals surface area contributed by atoms with Gasteiger partial charge in [-0.3, -0.25) is 14.4 Å². The molecule has 3 aromatic carbocycles. The van der Waals surface area contributed by atoms with Crippen LogP contribution in [0.5, 0.6) is 23.0 Å². The Morgan fingerprint density at radius 1 is 0.935 bits per heavy atom. The van der Waals surface area contributed by atoms with E-state index in [1.807, 2.05) is 13.8 Å². The molecule has 12 heteroatoms. The monoisotopic (exact) mass is 627 g/mol. The van der Waals surface area contributed by atoms with Crippen LogP contribution in [0.3, 0.4) is 0 Å². The summed E-state index contributed by atoms with van der Waals surface area (Å²) in [5, 5.41) is 29.5. The lowest BCUT2D eigenvalue weighted by atomic mass is 9.58. The number of aromatic hydroxyl groups is 2. The molecule has 1 saturated carbocycles. The zero-order chi connectivity index (χ0) is 32.5. The summed E-state index contributed by atoms with van der Waals surface area (Å²) in [6.45, 7) is 4.19. The zero-order valence-corrected chi connectivity index (χ0v) is 25.4. The molecule has 3 heterocycles. The van der Waals surface area contributed by atoms with Crippen molar-refractivity contribution in [3.8, 4) is 23.0 Å². The smallest absolute Gasteiger partial charge is 0.340 e. The van der Waals surface area contributed by atoms with Gasteiger partial charge in [0.25, 0.3) is 5.91 Å². The van der Waals surface area contributed by atoms with Gasteiger partial charge in [-0.25, -0.2) is 4.79 Å². The quantitative estimate of drug-likeness (QED) is 0.265. The molecule has 4 atom stereocenters. The summed E-state index contributed by atoms with van der Waals surface area (Å²) >= 11 is 0. The summed E-state index contributed by atoms with van der Waals surface area (Å²) in [7, 11) is 1.35. The number of carbonyl (C=O) groups is 4. The highest BCUT2D eigenvalue weighted by Gasteiger charge is 2.55. The van der Waals surface area contributed by atoms with Gasteiger partial charge in [-0.1, -0.05) is 26.0 Å². The number of esters is 2. The lowest BCUT2D eigenvalue weighted by Gasteiger charge is -2.50. The molecule has 1 aliphatic carbocycles. The minimum absolute atomic E-state index is 0.0610. The second kappa shape index (κ2) is 10.5. The molecule has 2 fully saturated rings. The summed E-state index contributed by atoms with van der Waals surface area (Å²) in [6, 6.07) is 12.7. The highest BCUT2D eigenvalue weighted by molar-refractivity contribution is 6.09. The molecule has 12 nitrogen and oxygen atoms in total. The van der Waals surface area contributed by atoms with Gasteiger partial charge in [-0.05, 0) is 48.6 Å². The molecule has 2 amide bonds. The highest BCUT2D eigenvalue weighted by Crippen LogP contribution is 2.57. The van der Waals surface area contributed by atoms with Gasteiger partial charge in [-0.15, -0.1) is 0 Å². The van der Waals surface area contributed by atoms with Crippen LogP contribution in [0.2, 0.25) is 0 Å². The van der Waals surface area contributed by atoms with Crippen molar-refractivity contribution in [3.05, 3.63) is 82.4 Å². The van der Waals surface area contributed by atoms with Crippen molar-refractivity contribution in [2.24, 2.45) is 11.3 Å². The summed E-state index contributed by atoms with van der Waals surface area (Å²) < 4.78 is 17.0. The summed E-state index contributed by atoms with van der Waals surface area (Å²) in [5.74, 6) is -1.64. The van der Waals surface area contributed by atoms with E-state index in [-0.39, 0.29) is 58.0 Å². The van der Waals surface area contributed by atoms with Crippen molar-refractivity contribution in [1.82, 2.24) is 16.0 Å². The number of phenolic OH excluding ortho intramolecular Hbond substituents is 2. The van der Waals surface area contributed by atoms with Gasteiger partial charge in [0, 0.05) is 47.5 Å². The molecule has 3 aliphatic heterocycles. The van der Waals surface area contributed by atoms with Crippen molar-refractivity contribution in [1.29, 1.82) is 0 Å². The molecule has 1 saturated heterocycles. The molecule has 4 aliphatic rings. The zero-order valence-electron chi connectivity index (χ0n) is 25.4. The topological polar surface area (TPSA) is 173 Å². The lowest BCUT2D eigenvalue weighted by molar-refractivity contribution is -0.160. The maximum Gasteiger partial charge on any atom is 0.340 e. The van der Waals surface area contributed by atoms with Gasteiger partial charge in [-0.2, -0.15) is 0 Å². The van der Waals surface area contributed by atoms with Gasteiger partial charge in [0.15, 0.2) is 5.60 Å². The van der Waals surface area contributed by atoms with Crippen LogP contribution in [0.15, 0.2) is 54.6 Å². The normalized spacial score (nSPS) is 24.4. The third-order valence-electron chi connectivity index (χ3n) is 9.90. The molecular weight excluding hydrogens is 594 g/mol. The number of hydrogen-bond donors (Lipinski definition) is 5. The third-order valence-corrected chi connectivity index (χ3v) is 9.90. The van der Waals surface area contributed by atoms with Crippen LogP contribution in [0.1, 0.15) is 64.1 Å². The molecule has 1 spiro atoms. The van der Waals surface area contributed by atoms with Crippen LogP contribution < -0.4 is 20.7 Å². The lowest BCUT2D eigenvalue weighted by Crippen LogP contribution is -2.62. The van der Waals surface area contributed by atoms with Crippen molar-refractivity contribution in [2.45, 2.75) is 50.4 Å². The largest absolute Gasteiger partial charge is 0.508 e. The van der Waals surface area contributed by atoms with Gasteiger partial charge < -0.3 is 40.4 Å².